The van der Waals surface area contributed by atoms with E-state index >= 15 is 0 Å². The first-order valence-corrected chi connectivity index (χ1v) is 8.90. The first-order valence-electron chi connectivity index (χ1n) is 8.90. The maximum absolute atomic E-state index is 13.0. The molecule has 0 bridgehead atoms. The summed E-state index contributed by atoms with van der Waals surface area (Å²) >= 11 is 0. The van der Waals surface area contributed by atoms with Gasteiger partial charge in [0.25, 0.3) is 0 Å². The van der Waals surface area contributed by atoms with Crippen molar-refractivity contribution in [1.29, 1.82) is 0 Å². The van der Waals surface area contributed by atoms with E-state index in [1.54, 1.807) is 12.1 Å². The van der Waals surface area contributed by atoms with E-state index in [0.717, 1.165) is 37.8 Å². The number of nitrogens with zero attached hydrogens (tertiary/aromatic N) is 1. The molecule has 2 fully saturated rings. The molecule has 1 saturated heterocycles. The normalized spacial score (nSPS) is 22.1. The lowest BCUT2D eigenvalue weighted by Gasteiger charge is -2.37. The van der Waals surface area contributed by atoms with Crippen LogP contribution >= 0.6 is 0 Å². The van der Waals surface area contributed by atoms with Crippen molar-refractivity contribution in [2.75, 3.05) is 6.54 Å². The zero-order chi connectivity index (χ0) is 17.2. The van der Waals surface area contributed by atoms with Gasteiger partial charge in [0.15, 0.2) is 0 Å². The molecule has 0 spiro atoms. The molecular formula is C19H25FN2O2. The third-order valence-electron chi connectivity index (χ3n) is 5.32. The van der Waals surface area contributed by atoms with Gasteiger partial charge in [0.05, 0.1) is 0 Å². The Bertz CT molecular complexity index is 610. The molecule has 1 heterocycles. The molecule has 1 saturated carbocycles. The lowest BCUT2D eigenvalue weighted by Crippen LogP contribution is -2.50. The molecule has 1 aromatic carbocycles. The minimum absolute atomic E-state index is 0.00524. The number of benzene rings is 1. The van der Waals surface area contributed by atoms with Gasteiger partial charge >= 0.3 is 0 Å². The Labute approximate surface area is 142 Å². The number of hydrogen-bond donors (Lipinski definition) is 1. The molecule has 1 aromatic rings. The standard InChI is InChI=1S/C19H25FN2O2/c1-2-16-5-3-4-12-22(16)18(24)19(10-11-19)17(23)21-13-14-6-8-15(20)9-7-14/h6-9,16H,2-5,10-13H2,1H3,(H,21,23). The van der Waals surface area contributed by atoms with Crippen molar-refractivity contribution in [3.8, 4) is 0 Å². The summed E-state index contributed by atoms with van der Waals surface area (Å²) in [5.74, 6) is -0.475. The van der Waals surface area contributed by atoms with Crippen LogP contribution in [0.3, 0.4) is 0 Å². The molecule has 1 atom stereocenters. The summed E-state index contributed by atoms with van der Waals surface area (Å²) in [7, 11) is 0. The zero-order valence-corrected chi connectivity index (χ0v) is 14.2. The van der Waals surface area contributed by atoms with Crippen molar-refractivity contribution >= 4 is 11.8 Å². The van der Waals surface area contributed by atoms with Gasteiger partial charge in [0, 0.05) is 19.1 Å². The summed E-state index contributed by atoms with van der Waals surface area (Å²) in [5.41, 5.74) is -0.0254. The van der Waals surface area contributed by atoms with Crippen molar-refractivity contribution in [3.63, 3.8) is 0 Å². The highest BCUT2D eigenvalue weighted by molar-refractivity contribution is 6.08. The molecule has 0 aromatic heterocycles. The average Bonchev–Trinajstić information content (AvgIpc) is 3.42. The highest BCUT2D eigenvalue weighted by Crippen LogP contribution is 2.48. The predicted molar refractivity (Wildman–Crippen MR) is 89.6 cm³/mol. The topological polar surface area (TPSA) is 49.4 Å². The van der Waals surface area contributed by atoms with E-state index in [4.69, 9.17) is 0 Å². The number of hydrogen-bond acceptors (Lipinski definition) is 2. The van der Waals surface area contributed by atoms with E-state index in [1.165, 1.54) is 12.1 Å². The highest BCUT2D eigenvalue weighted by atomic mass is 19.1. The van der Waals surface area contributed by atoms with E-state index in [1.807, 2.05) is 4.90 Å². The average molecular weight is 332 g/mol. The molecule has 1 unspecified atom stereocenters. The molecule has 130 valence electrons. The van der Waals surface area contributed by atoms with E-state index in [2.05, 4.69) is 12.2 Å². The van der Waals surface area contributed by atoms with Crippen LogP contribution in [0, 0.1) is 11.2 Å². The summed E-state index contributed by atoms with van der Waals surface area (Å²) in [6.45, 7) is 3.19. The number of halogens is 1. The monoisotopic (exact) mass is 332 g/mol. The van der Waals surface area contributed by atoms with Gasteiger partial charge in [-0.05, 0) is 56.2 Å². The Morgan fingerprint density at radius 3 is 2.58 bits per heavy atom. The van der Waals surface area contributed by atoms with Crippen LogP contribution in [0.25, 0.3) is 0 Å². The van der Waals surface area contributed by atoms with Crippen LogP contribution in [-0.2, 0) is 16.1 Å². The molecule has 2 aliphatic rings. The van der Waals surface area contributed by atoms with E-state index in [-0.39, 0.29) is 23.7 Å². The summed E-state index contributed by atoms with van der Waals surface area (Å²) in [5, 5.41) is 2.87. The number of likely N-dealkylation sites (tertiary alicyclic amines) is 1. The molecule has 0 radical (unpaired) electrons. The van der Waals surface area contributed by atoms with Crippen LogP contribution < -0.4 is 5.32 Å². The molecule has 1 aliphatic heterocycles. The molecule has 1 aliphatic carbocycles. The maximum atomic E-state index is 13.0. The lowest BCUT2D eigenvalue weighted by molar-refractivity contribution is -0.147. The quantitative estimate of drug-likeness (QED) is 0.843. The van der Waals surface area contributed by atoms with E-state index < -0.39 is 5.41 Å². The number of nitrogens with one attached hydrogen (secondary N) is 1. The van der Waals surface area contributed by atoms with Crippen molar-refractivity contribution in [3.05, 3.63) is 35.6 Å². The Morgan fingerprint density at radius 1 is 1.25 bits per heavy atom. The van der Waals surface area contributed by atoms with E-state index in [0.29, 0.717) is 19.4 Å². The van der Waals surface area contributed by atoms with Gasteiger partial charge in [-0.15, -0.1) is 0 Å². The molecule has 1 N–H and O–H groups in total. The van der Waals surface area contributed by atoms with Crippen LogP contribution in [0.1, 0.15) is 51.0 Å². The Balaban J connectivity index is 1.63. The minimum atomic E-state index is -0.856. The molecule has 4 nitrogen and oxygen atoms in total. The lowest BCUT2D eigenvalue weighted by atomic mass is 9.95. The Hall–Kier alpha value is -1.91. The van der Waals surface area contributed by atoms with Gasteiger partial charge in [0.1, 0.15) is 11.2 Å². The van der Waals surface area contributed by atoms with Crippen LogP contribution in [-0.4, -0.2) is 29.3 Å². The van der Waals surface area contributed by atoms with Crippen LogP contribution in [0.4, 0.5) is 4.39 Å². The zero-order valence-electron chi connectivity index (χ0n) is 14.2. The smallest absolute Gasteiger partial charge is 0.238 e. The predicted octanol–water partition coefficient (Wildman–Crippen LogP) is 3.01. The number of rotatable bonds is 5. The molecule has 24 heavy (non-hydrogen) atoms. The third-order valence-corrected chi connectivity index (χ3v) is 5.32. The second kappa shape index (κ2) is 6.91. The summed E-state index contributed by atoms with van der Waals surface area (Å²) in [6, 6.07) is 6.32. The highest BCUT2D eigenvalue weighted by Gasteiger charge is 2.58. The van der Waals surface area contributed by atoms with Gasteiger partial charge in [-0.25, -0.2) is 4.39 Å². The fraction of sp³-hybridized carbons (Fsp3) is 0.579. The van der Waals surface area contributed by atoms with Gasteiger partial charge in [-0.1, -0.05) is 19.1 Å². The van der Waals surface area contributed by atoms with Gasteiger partial charge in [-0.3, -0.25) is 9.59 Å². The van der Waals surface area contributed by atoms with Crippen LogP contribution in [0.2, 0.25) is 0 Å². The first kappa shape index (κ1) is 16.9. The molecular weight excluding hydrogens is 307 g/mol. The van der Waals surface area contributed by atoms with Gasteiger partial charge < -0.3 is 10.2 Å². The van der Waals surface area contributed by atoms with Crippen LogP contribution in [0.5, 0.6) is 0 Å². The number of amides is 2. The second-order valence-corrected chi connectivity index (χ2v) is 6.95. The van der Waals surface area contributed by atoms with Crippen molar-refractivity contribution in [2.24, 2.45) is 5.41 Å². The Morgan fingerprint density at radius 2 is 1.96 bits per heavy atom. The number of carbonyl (C=O) groups is 2. The maximum Gasteiger partial charge on any atom is 0.238 e. The fourth-order valence-corrected chi connectivity index (χ4v) is 3.58. The van der Waals surface area contributed by atoms with Crippen molar-refractivity contribution in [2.45, 2.75) is 58.0 Å². The number of carbonyl (C=O) groups excluding carboxylic acids is 2. The Kier molecular flexibility index (Phi) is 4.88. The number of piperidine rings is 1. The van der Waals surface area contributed by atoms with E-state index in [9.17, 15) is 14.0 Å². The summed E-state index contributed by atoms with van der Waals surface area (Å²) < 4.78 is 12.9. The summed E-state index contributed by atoms with van der Waals surface area (Å²) in [6.07, 6.45) is 5.43. The second-order valence-electron chi connectivity index (χ2n) is 6.95. The fourth-order valence-electron chi connectivity index (χ4n) is 3.58. The SMILES string of the molecule is CCC1CCCCN1C(=O)C1(C(=O)NCc2ccc(F)cc2)CC1. The van der Waals surface area contributed by atoms with Crippen molar-refractivity contribution < 1.29 is 14.0 Å². The molecule has 5 heteroatoms. The minimum Gasteiger partial charge on any atom is -0.351 e. The van der Waals surface area contributed by atoms with Crippen LogP contribution in [0.15, 0.2) is 24.3 Å². The third kappa shape index (κ3) is 3.30. The van der Waals surface area contributed by atoms with Crippen molar-refractivity contribution in [1.82, 2.24) is 10.2 Å². The summed E-state index contributed by atoms with van der Waals surface area (Å²) in [4.78, 5) is 27.5. The molecule has 2 amide bonds. The molecule has 3 rings (SSSR count). The van der Waals surface area contributed by atoms with Gasteiger partial charge in [0.2, 0.25) is 11.8 Å². The van der Waals surface area contributed by atoms with Gasteiger partial charge in [-0.2, -0.15) is 0 Å². The first-order chi connectivity index (χ1) is 11.6. The largest absolute Gasteiger partial charge is 0.351 e.